The monoisotopic (exact) mass is 597 g/mol. The van der Waals surface area contributed by atoms with Crippen LogP contribution in [0.1, 0.15) is 0 Å². The molecule has 2 heterocycles. The Morgan fingerprint density at radius 1 is 0.362 bits per heavy atom. The predicted molar refractivity (Wildman–Crippen MR) is 197 cm³/mol. The molecule has 10 rings (SSSR count). The molecule has 0 spiro atoms. The lowest BCUT2D eigenvalue weighted by Gasteiger charge is -2.17. The summed E-state index contributed by atoms with van der Waals surface area (Å²) in [7, 11) is 0. The van der Waals surface area contributed by atoms with Crippen LogP contribution in [0.4, 0.5) is 0 Å². The van der Waals surface area contributed by atoms with Gasteiger partial charge in [0, 0.05) is 28.0 Å². The van der Waals surface area contributed by atoms with E-state index in [0.717, 1.165) is 33.7 Å². The predicted octanol–water partition coefficient (Wildman–Crippen LogP) is 11.5. The van der Waals surface area contributed by atoms with E-state index in [4.69, 9.17) is 9.97 Å². The van der Waals surface area contributed by atoms with Crippen LogP contribution in [0.15, 0.2) is 164 Å². The first-order valence-corrected chi connectivity index (χ1v) is 16.0. The summed E-state index contributed by atoms with van der Waals surface area (Å²) >= 11 is 0. The molecule has 0 fully saturated rings. The molecule has 0 aliphatic carbocycles. The van der Waals surface area contributed by atoms with Gasteiger partial charge in [0.25, 0.3) is 0 Å². The molecule has 3 nitrogen and oxygen atoms in total. The van der Waals surface area contributed by atoms with Crippen LogP contribution in [-0.4, -0.2) is 14.5 Å². The molecule has 2 aromatic heterocycles. The van der Waals surface area contributed by atoms with Crippen molar-refractivity contribution in [2.24, 2.45) is 0 Å². The molecule has 0 N–H and O–H groups in total. The molecular weight excluding hydrogens is 571 g/mol. The van der Waals surface area contributed by atoms with Crippen molar-refractivity contribution in [3.8, 4) is 28.5 Å². The smallest absolute Gasteiger partial charge is 0.162 e. The van der Waals surface area contributed by atoms with Crippen LogP contribution in [0.2, 0.25) is 0 Å². The third kappa shape index (κ3) is 3.87. The number of hydrogen-bond acceptors (Lipinski definition) is 2. The van der Waals surface area contributed by atoms with Crippen molar-refractivity contribution in [2.75, 3.05) is 0 Å². The average molecular weight is 598 g/mol. The van der Waals surface area contributed by atoms with Gasteiger partial charge >= 0.3 is 0 Å². The van der Waals surface area contributed by atoms with E-state index in [-0.39, 0.29) is 0 Å². The Kier molecular flexibility index (Phi) is 5.57. The molecule has 0 saturated heterocycles. The summed E-state index contributed by atoms with van der Waals surface area (Å²) in [6.07, 6.45) is 0. The molecule has 0 radical (unpaired) electrons. The summed E-state index contributed by atoms with van der Waals surface area (Å²) < 4.78 is 2.29. The van der Waals surface area contributed by atoms with Crippen molar-refractivity contribution in [1.29, 1.82) is 0 Å². The Morgan fingerprint density at radius 2 is 0.830 bits per heavy atom. The second-order valence-electron chi connectivity index (χ2n) is 12.2. The zero-order chi connectivity index (χ0) is 30.9. The van der Waals surface area contributed by atoms with E-state index in [1.165, 1.54) is 53.9 Å². The highest BCUT2D eigenvalue weighted by molar-refractivity contribution is 6.33. The molecule has 47 heavy (non-hydrogen) atoms. The van der Waals surface area contributed by atoms with E-state index < -0.39 is 0 Å². The Hall–Kier alpha value is -6.32. The molecule has 218 valence electrons. The van der Waals surface area contributed by atoms with Crippen LogP contribution in [0.25, 0.3) is 93.4 Å². The first kappa shape index (κ1) is 26.0. The molecule has 10 aromatic rings. The van der Waals surface area contributed by atoms with Crippen LogP contribution in [0.3, 0.4) is 0 Å². The van der Waals surface area contributed by atoms with Gasteiger partial charge in [0.05, 0.1) is 16.7 Å². The summed E-state index contributed by atoms with van der Waals surface area (Å²) in [5.74, 6) is 1.55. The highest BCUT2D eigenvalue weighted by Crippen LogP contribution is 2.43. The summed E-state index contributed by atoms with van der Waals surface area (Å²) in [6, 6.07) is 58.3. The zero-order valence-corrected chi connectivity index (χ0v) is 25.4. The summed E-state index contributed by atoms with van der Waals surface area (Å²) in [5, 5.41) is 12.4. The molecule has 0 aliphatic heterocycles. The van der Waals surface area contributed by atoms with Crippen molar-refractivity contribution in [1.82, 2.24) is 14.5 Å². The molecule has 8 aromatic carbocycles. The molecule has 0 unspecified atom stereocenters. The summed E-state index contributed by atoms with van der Waals surface area (Å²) in [6.45, 7) is 0. The number of nitrogens with zero attached hydrogens (tertiary/aromatic N) is 3. The van der Waals surface area contributed by atoms with Crippen LogP contribution in [0, 0.1) is 0 Å². The van der Waals surface area contributed by atoms with Crippen molar-refractivity contribution in [3.05, 3.63) is 164 Å². The molecule has 3 heteroatoms. The van der Waals surface area contributed by atoms with Crippen LogP contribution >= 0.6 is 0 Å². The summed E-state index contributed by atoms with van der Waals surface area (Å²) in [5.41, 5.74) is 5.22. The average Bonchev–Trinajstić information content (AvgIpc) is 3.49. The van der Waals surface area contributed by atoms with Gasteiger partial charge in [0.2, 0.25) is 0 Å². The third-order valence-electron chi connectivity index (χ3n) is 9.58. The maximum absolute atomic E-state index is 5.32. The SMILES string of the molecule is c1ccc(-c2nc(-c3cc4c5ccccc5c5ccccc5c4c4ccccc34)cc(-n3c4ccccc4c4ccccc43)n2)cc1. The standard InChI is InChI=1S/C44H27N3/c1-2-14-28(15-3-1)44-45-39(27-42(46-44)47-40-24-12-10-20-33(40)34-21-11-13-25-41(34)47)37-26-38-31-18-5-4-16-29(31)30-17-6-8-22-35(30)43(38)36-23-9-7-19-32(36)37/h1-27H. The lowest BCUT2D eigenvalue weighted by atomic mass is 9.88. The van der Waals surface area contributed by atoms with Gasteiger partial charge in [0.1, 0.15) is 5.82 Å². The van der Waals surface area contributed by atoms with Crippen molar-refractivity contribution in [3.63, 3.8) is 0 Å². The van der Waals surface area contributed by atoms with Gasteiger partial charge in [-0.2, -0.15) is 0 Å². The van der Waals surface area contributed by atoms with Gasteiger partial charge < -0.3 is 0 Å². The topological polar surface area (TPSA) is 30.7 Å². The lowest BCUT2D eigenvalue weighted by Crippen LogP contribution is -2.02. The van der Waals surface area contributed by atoms with Crippen LogP contribution in [0.5, 0.6) is 0 Å². The third-order valence-corrected chi connectivity index (χ3v) is 9.58. The number of para-hydroxylation sites is 2. The molecule has 0 amide bonds. The first-order valence-electron chi connectivity index (χ1n) is 16.0. The fraction of sp³-hybridized carbons (Fsp3) is 0. The van der Waals surface area contributed by atoms with E-state index in [0.29, 0.717) is 5.82 Å². The Bertz CT molecular complexity index is 2790. The molecular formula is C44H27N3. The second-order valence-corrected chi connectivity index (χ2v) is 12.2. The maximum atomic E-state index is 5.32. The van der Waals surface area contributed by atoms with Crippen molar-refractivity contribution >= 4 is 64.9 Å². The number of benzene rings is 8. The first-order chi connectivity index (χ1) is 23.3. The normalized spacial score (nSPS) is 11.8. The lowest BCUT2D eigenvalue weighted by molar-refractivity contribution is 1.05. The van der Waals surface area contributed by atoms with Gasteiger partial charge in [-0.05, 0) is 61.3 Å². The van der Waals surface area contributed by atoms with E-state index in [1.807, 2.05) is 18.2 Å². The second kappa shape index (κ2) is 10.1. The number of fused-ring (bicyclic) bond motifs is 11. The Balaban J connectivity index is 1.36. The highest BCUT2D eigenvalue weighted by atomic mass is 15.1. The molecule has 0 aliphatic rings. The minimum absolute atomic E-state index is 0.701. The largest absolute Gasteiger partial charge is 0.294 e. The Morgan fingerprint density at radius 3 is 1.47 bits per heavy atom. The van der Waals surface area contributed by atoms with Crippen LogP contribution < -0.4 is 0 Å². The summed E-state index contributed by atoms with van der Waals surface area (Å²) in [4.78, 5) is 10.6. The highest BCUT2D eigenvalue weighted by Gasteiger charge is 2.19. The van der Waals surface area contributed by atoms with Crippen molar-refractivity contribution in [2.45, 2.75) is 0 Å². The van der Waals surface area contributed by atoms with Gasteiger partial charge in [-0.3, -0.25) is 4.57 Å². The number of hydrogen-bond donors (Lipinski definition) is 0. The zero-order valence-electron chi connectivity index (χ0n) is 25.4. The van der Waals surface area contributed by atoms with Gasteiger partial charge in [-0.1, -0.05) is 140 Å². The minimum atomic E-state index is 0.701. The number of aromatic nitrogens is 3. The number of rotatable bonds is 3. The van der Waals surface area contributed by atoms with Crippen LogP contribution in [-0.2, 0) is 0 Å². The quantitative estimate of drug-likeness (QED) is 0.190. The Labute approximate surface area is 271 Å². The molecule has 0 atom stereocenters. The van der Waals surface area contributed by atoms with Gasteiger partial charge in [-0.15, -0.1) is 0 Å². The maximum Gasteiger partial charge on any atom is 0.162 e. The molecule has 0 bridgehead atoms. The van der Waals surface area contributed by atoms with Gasteiger partial charge in [-0.25, -0.2) is 9.97 Å². The fourth-order valence-electron chi connectivity index (χ4n) is 7.55. The van der Waals surface area contributed by atoms with E-state index in [1.54, 1.807) is 0 Å². The minimum Gasteiger partial charge on any atom is -0.294 e. The van der Waals surface area contributed by atoms with Gasteiger partial charge in [0.15, 0.2) is 5.82 Å². The van der Waals surface area contributed by atoms with Crippen molar-refractivity contribution < 1.29 is 0 Å². The van der Waals surface area contributed by atoms with E-state index in [2.05, 4.69) is 150 Å². The molecule has 0 saturated carbocycles. The van der Waals surface area contributed by atoms with E-state index in [9.17, 15) is 0 Å². The fourth-order valence-corrected chi connectivity index (χ4v) is 7.55. The van der Waals surface area contributed by atoms with E-state index >= 15 is 0 Å².